The van der Waals surface area contributed by atoms with Crippen LogP contribution in [0.25, 0.3) is 0 Å². The maximum absolute atomic E-state index is 10.4. The van der Waals surface area contributed by atoms with Gasteiger partial charge in [0.2, 0.25) is 0 Å². The molecule has 0 aromatic heterocycles. The number of carbonyl (C=O) groups is 1. The molecule has 0 amide bonds. The van der Waals surface area contributed by atoms with Gasteiger partial charge in [0.15, 0.2) is 0 Å². The van der Waals surface area contributed by atoms with Crippen LogP contribution in [-0.4, -0.2) is 17.1 Å². The molecule has 1 aromatic rings. The molecule has 0 spiro atoms. The van der Waals surface area contributed by atoms with Gasteiger partial charge in [-0.3, -0.25) is 4.79 Å². The third-order valence-corrected chi connectivity index (χ3v) is 2.41. The summed E-state index contributed by atoms with van der Waals surface area (Å²) in [5.74, 6) is -0.960. The molecule has 1 atom stereocenters. The summed E-state index contributed by atoms with van der Waals surface area (Å²) in [4.78, 5) is 10.4. The molecule has 3 N–H and O–H groups in total. The minimum absolute atomic E-state index is 0. The van der Waals surface area contributed by atoms with Gasteiger partial charge in [-0.25, -0.2) is 0 Å². The molecule has 0 saturated carbocycles. The fourth-order valence-corrected chi connectivity index (χ4v) is 1.32. The monoisotopic (exact) mass is 327 g/mol. The van der Waals surface area contributed by atoms with Gasteiger partial charge in [0, 0.05) is 3.57 Å². The van der Waals surface area contributed by atoms with E-state index in [4.69, 9.17) is 10.8 Å². The Morgan fingerprint density at radius 1 is 1.43 bits per heavy atom. The average molecular weight is 328 g/mol. The normalized spacial score (nSPS) is 11.6. The van der Waals surface area contributed by atoms with E-state index in [9.17, 15) is 4.79 Å². The van der Waals surface area contributed by atoms with E-state index in [1.54, 1.807) is 0 Å². The standard InChI is InChI=1S/C9H10INO2.ClH/c10-7-3-1-6(2-4-7)5-8(11)9(12)13;/h1-4,8H,5,11H2,(H,12,13);1H. The molecule has 0 saturated heterocycles. The van der Waals surface area contributed by atoms with Crippen LogP contribution in [0, 0.1) is 3.57 Å². The van der Waals surface area contributed by atoms with Crippen molar-refractivity contribution >= 4 is 41.0 Å². The molecular formula is C9H11ClINO2. The average Bonchev–Trinajstić information content (AvgIpc) is 2.08. The molecule has 0 aliphatic carbocycles. The summed E-state index contributed by atoms with van der Waals surface area (Å²) in [6, 6.07) is 6.85. The Bertz CT molecular complexity index is 302. The van der Waals surface area contributed by atoms with Gasteiger partial charge in [0.05, 0.1) is 0 Å². The highest BCUT2D eigenvalue weighted by molar-refractivity contribution is 14.1. The van der Waals surface area contributed by atoms with Crippen LogP contribution in [0.1, 0.15) is 5.56 Å². The second-order valence-electron chi connectivity index (χ2n) is 2.78. The zero-order valence-corrected chi connectivity index (χ0v) is 10.3. The molecule has 1 aromatic carbocycles. The molecule has 1 rings (SSSR count). The number of aliphatic carboxylic acids is 1. The number of rotatable bonds is 3. The van der Waals surface area contributed by atoms with Gasteiger partial charge >= 0.3 is 5.97 Å². The maximum Gasteiger partial charge on any atom is 0.320 e. The Balaban J connectivity index is 0.00000169. The maximum atomic E-state index is 10.4. The first-order valence-corrected chi connectivity index (χ1v) is 4.90. The van der Waals surface area contributed by atoms with Gasteiger partial charge in [0.1, 0.15) is 6.04 Å². The predicted molar refractivity (Wildman–Crippen MR) is 65.7 cm³/mol. The van der Waals surface area contributed by atoms with Crippen molar-refractivity contribution in [3.05, 3.63) is 33.4 Å². The summed E-state index contributed by atoms with van der Waals surface area (Å²) in [5.41, 5.74) is 6.34. The van der Waals surface area contributed by atoms with Crippen molar-refractivity contribution in [3.63, 3.8) is 0 Å². The zero-order chi connectivity index (χ0) is 9.84. The van der Waals surface area contributed by atoms with Crippen molar-refractivity contribution in [2.45, 2.75) is 12.5 Å². The van der Waals surface area contributed by atoms with E-state index in [-0.39, 0.29) is 12.4 Å². The summed E-state index contributed by atoms with van der Waals surface area (Å²) < 4.78 is 1.13. The molecule has 1 unspecified atom stereocenters. The molecule has 3 nitrogen and oxygen atoms in total. The molecule has 0 aliphatic rings. The second kappa shape index (κ2) is 6.21. The minimum atomic E-state index is -0.960. The molecule has 14 heavy (non-hydrogen) atoms. The summed E-state index contributed by atoms with van der Waals surface area (Å²) in [6.07, 6.45) is 0.381. The molecule has 78 valence electrons. The van der Waals surface area contributed by atoms with Crippen molar-refractivity contribution in [3.8, 4) is 0 Å². The van der Waals surface area contributed by atoms with Crippen molar-refractivity contribution in [1.82, 2.24) is 0 Å². The number of hydrogen-bond acceptors (Lipinski definition) is 2. The van der Waals surface area contributed by atoms with Gasteiger partial charge in [-0.05, 0) is 46.7 Å². The first kappa shape index (κ1) is 13.7. The molecule has 0 aliphatic heterocycles. The van der Waals surface area contributed by atoms with Gasteiger partial charge in [0.25, 0.3) is 0 Å². The molecule has 5 heteroatoms. The van der Waals surface area contributed by atoms with Gasteiger partial charge in [-0.15, -0.1) is 12.4 Å². The minimum Gasteiger partial charge on any atom is -0.480 e. The number of hydrogen-bond donors (Lipinski definition) is 2. The van der Waals surface area contributed by atoms with Crippen LogP contribution < -0.4 is 5.73 Å². The summed E-state index contributed by atoms with van der Waals surface area (Å²) in [6.45, 7) is 0. The van der Waals surface area contributed by atoms with Crippen LogP contribution >= 0.6 is 35.0 Å². The predicted octanol–water partition coefficient (Wildman–Crippen LogP) is 1.67. The van der Waals surface area contributed by atoms with E-state index in [0.29, 0.717) is 6.42 Å². The highest BCUT2D eigenvalue weighted by Gasteiger charge is 2.11. The number of benzene rings is 1. The van der Waals surface area contributed by atoms with E-state index < -0.39 is 12.0 Å². The molecular weight excluding hydrogens is 316 g/mol. The number of halogens is 2. The van der Waals surface area contributed by atoms with Crippen LogP contribution in [0.15, 0.2) is 24.3 Å². The van der Waals surface area contributed by atoms with Crippen molar-refractivity contribution in [2.75, 3.05) is 0 Å². The highest BCUT2D eigenvalue weighted by atomic mass is 127. The number of nitrogens with two attached hydrogens (primary N) is 1. The molecule has 0 radical (unpaired) electrons. The SMILES string of the molecule is Cl.NC(Cc1ccc(I)cc1)C(=O)O. The van der Waals surface area contributed by atoms with Crippen LogP contribution in [-0.2, 0) is 11.2 Å². The lowest BCUT2D eigenvalue weighted by Crippen LogP contribution is -2.32. The summed E-state index contributed by atoms with van der Waals surface area (Å²) in [5, 5.41) is 8.57. The first-order chi connectivity index (χ1) is 6.09. The Hall–Kier alpha value is -0.330. The third-order valence-electron chi connectivity index (χ3n) is 1.69. The third kappa shape index (κ3) is 4.26. The zero-order valence-electron chi connectivity index (χ0n) is 7.31. The molecule has 0 bridgehead atoms. The Morgan fingerprint density at radius 3 is 2.36 bits per heavy atom. The first-order valence-electron chi connectivity index (χ1n) is 3.82. The van der Waals surface area contributed by atoms with E-state index in [1.807, 2.05) is 24.3 Å². The van der Waals surface area contributed by atoms with Crippen LogP contribution in [0.2, 0.25) is 0 Å². The Morgan fingerprint density at radius 2 is 1.93 bits per heavy atom. The topological polar surface area (TPSA) is 63.3 Å². The van der Waals surface area contributed by atoms with E-state index in [0.717, 1.165) is 9.13 Å². The van der Waals surface area contributed by atoms with E-state index in [1.165, 1.54) is 0 Å². The van der Waals surface area contributed by atoms with Crippen LogP contribution in [0.4, 0.5) is 0 Å². The highest BCUT2D eigenvalue weighted by Crippen LogP contribution is 2.08. The van der Waals surface area contributed by atoms with Gasteiger partial charge < -0.3 is 10.8 Å². The van der Waals surface area contributed by atoms with Gasteiger partial charge in [-0.2, -0.15) is 0 Å². The molecule has 0 heterocycles. The van der Waals surface area contributed by atoms with Crippen molar-refractivity contribution in [2.24, 2.45) is 5.73 Å². The summed E-state index contributed by atoms with van der Waals surface area (Å²) in [7, 11) is 0. The number of carboxylic acid groups (broad SMARTS) is 1. The van der Waals surface area contributed by atoms with Crippen molar-refractivity contribution < 1.29 is 9.90 Å². The van der Waals surface area contributed by atoms with Crippen LogP contribution in [0.3, 0.4) is 0 Å². The second-order valence-corrected chi connectivity index (χ2v) is 4.02. The lowest BCUT2D eigenvalue weighted by atomic mass is 10.1. The van der Waals surface area contributed by atoms with Crippen molar-refractivity contribution in [1.29, 1.82) is 0 Å². The molecule has 0 fully saturated rings. The van der Waals surface area contributed by atoms with E-state index in [2.05, 4.69) is 22.6 Å². The van der Waals surface area contributed by atoms with E-state index >= 15 is 0 Å². The summed E-state index contributed by atoms with van der Waals surface area (Å²) >= 11 is 2.20. The smallest absolute Gasteiger partial charge is 0.320 e. The quantitative estimate of drug-likeness (QED) is 0.830. The largest absolute Gasteiger partial charge is 0.480 e. The lowest BCUT2D eigenvalue weighted by Gasteiger charge is -2.05. The fourth-order valence-electron chi connectivity index (χ4n) is 0.962. The Kier molecular flexibility index (Phi) is 6.06. The van der Waals surface area contributed by atoms with Crippen LogP contribution in [0.5, 0.6) is 0 Å². The number of carboxylic acids is 1. The van der Waals surface area contributed by atoms with Gasteiger partial charge in [-0.1, -0.05) is 12.1 Å². The fraction of sp³-hybridized carbons (Fsp3) is 0.222. The lowest BCUT2D eigenvalue weighted by molar-refractivity contribution is -0.138. The Labute approximate surface area is 102 Å².